The number of carbonyl (C=O) groups is 1. The van der Waals surface area contributed by atoms with Crippen molar-refractivity contribution in [2.24, 2.45) is 0 Å². The summed E-state index contributed by atoms with van der Waals surface area (Å²) in [6, 6.07) is 12.4. The molecule has 132 valence electrons. The van der Waals surface area contributed by atoms with Gasteiger partial charge in [-0.2, -0.15) is 0 Å². The maximum absolute atomic E-state index is 12.7. The van der Waals surface area contributed by atoms with Crippen LogP contribution < -0.4 is 19.5 Å². The molecule has 0 atom stereocenters. The maximum Gasteiger partial charge on any atom is 0.261 e. The van der Waals surface area contributed by atoms with Crippen LogP contribution in [0.5, 0.6) is 17.2 Å². The van der Waals surface area contributed by atoms with Crippen LogP contribution in [0.15, 0.2) is 53.2 Å². The molecule has 2 heterocycles. The Kier molecular flexibility index (Phi) is 4.18. The predicted octanol–water partition coefficient (Wildman–Crippen LogP) is 3.37. The molecule has 4 rings (SSSR count). The van der Waals surface area contributed by atoms with Gasteiger partial charge in [0.15, 0.2) is 17.3 Å². The average Bonchev–Trinajstić information content (AvgIpc) is 3.18. The Morgan fingerprint density at radius 1 is 1.08 bits per heavy atom. The second-order valence-corrected chi connectivity index (χ2v) is 5.61. The second-order valence-electron chi connectivity index (χ2n) is 5.61. The quantitative estimate of drug-likeness (QED) is 0.775. The summed E-state index contributed by atoms with van der Waals surface area (Å²) in [6.45, 7) is 1.00. The fraction of sp³-hybridized carbons (Fsp3) is 0.158. The van der Waals surface area contributed by atoms with Gasteiger partial charge in [0.1, 0.15) is 24.5 Å². The topological polar surface area (TPSA) is 82.8 Å². The van der Waals surface area contributed by atoms with E-state index in [-0.39, 0.29) is 5.91 Å². The number of nitrogens with one attached hydrogen (secondary N) is 1. The molecular formula is C19H16N2O5. The van der Waals surface area contributed by atoms with E-state index in [0.29, 0.717) is 41.7 Å². The molecule has 1 amide bonds. The van der Waals surface area contributed by atoms with Crippen LogP contribution in [0.3, 0.4) is 0 Å². The minimum absolute atomic E-state index is 0.325. The largest absolute Gasteiger partial charge is 0.497 e. The number of carbonyl (C=O) groups excluding carboxylic acids is 1. The van der Waals surface area contributed by atoms with E-state index in [2.05, 4.69) is 10.5 Å². The number of aromatic nitrogens is 1. The minimum Gasteiger partial charge on any atom is -0.497 e. The zero-order valence-electron chi connectivity index (χ0n) is 14.0. The highest BCUT2D eigenvalue weighted by molar-refractivity contribution is 6.07. The van der Waals surface area contributed by atoms with Crippen molar-refractivity contribution < 1.29 is 23.5 Å². The number of ether oxygens (including phenoxy) is 3. The van der Waals surface area contributed by atoms with Gasteiger partial charge in [0.2, 0.25) is 0 Å². The van der Waals surface area contributed by atoms with Gasteiger partial charge < -0.3 is 24.1 Å². The van der Waals surface area contributed by atoms with Crippen LogP contribution in [-0.4, -0.2) is 31.4 Å². The van der Waals surface area contributed by atoms with Gasteiger partial charge in [-0.1, -0.05) is 5.16 Å². The third-order valence-corrected chi connectivity index (χ3v) is 3.97. The highest BCUT2D eigenvalue weighted by Gasteiger charge is 2.19. The van der Waals surface area contributed by atoms with Crippen molar-refractivity contribution in [1.82, 2.24) is 5.16 Å². The molecule has 1 aliphatic heterocycles. The van der Waals surface area contributed by atoms with Crippen LogP contribution in [0.2, 0.25) is 0 Å². The van der Waals surface area contributed by atoms with Crippen LogP contribution in [0, 0.1) is 0 Å². The molecule has 0 saturated carbocycles. The van der Waals surface area contributed by atoms with Gasteiger partial charge in [-0.15, -0.1) is 0 Å². The first-order valence-electron chi connectivity index (χ1n) is 8.05. The first-order valence-corrected chi connectivity index (χ1v) is 8.05. The minimum atomic E-state index is -0.325. The molecular weight excluding hydrogens is 336 g/mol. The van der Waals surface area contributed by atoms with Crippen molar-refractivity contribution in [3.05, 3.63) is 54.2 Å². The molecule has 0 unspecified atom stereocenters. The first-order chi connectivity index (χ1) is 12.7. The molecule has 0 radical (unpaired) electrons. The number of anilines is 1. The van der Waals surface area contributed by atoms with Crippen LogP contribution >= 0.6 is 0 Å². The zero-order valence-corrected chi connectivity index (χ0v) is 14.0. The Hall–Kier alpha value is -3.48. The third kappa shape index (κ3) is 3.06. The average molecular weight is 352 g/mol. The number of fused-ring (bicyclic) bond motifs is 1. The fourth-order valence-corrected chi connectivity index (χ4v) is 2.67. The molecule has 2 aromatic carbocycles. The van der Waals surface area contributed by atoms with Gasteiger partial charge in [-0.05, 0) is 36.4 Å². The van der Waals surface area contributed by atoms with Crippen molar-refractivity contribution in [2.45, 2.75) is 0 Å². The lowest BCUT2D eigenvalue weighted by Gasteiger charge is -2.18. The van der Waals surface area contributed by atoms with E-state index in [0.717, 1.165) is 11.3 Å². The Bertz CT molecular complexity index is 933. The van der Waals surface area contributed by atoms with E-state index >= 15 is 0 Å². The molecule has 0 fully saturated rings. The molecule has 0 aliphatic carbocycles. The highest BCUT2D eigenvalue weighted by Crippen LogP contribution is 2.33. The fourth-order valence-electron chi connectivity index (χ4n) is 2.67. The van der Waals surface area contributed by atoms with Crippen molar-refractivity contribution in [3.8, 4) is 28.6 Å². The molecule has 0 spiro atoms. The van der Waals surface area contributed by atoms with Gasteiger partial charge in [0, 0.05) is 17.3 Å². The molecule has 7 heteroatoms. The smallest absolute Gasteiger partial charge is 0.261 e. The third-order valence-electron chi connectivity index (χ3n) is 3.97. The Balaban J connectivity index is 1.56. The second kappa shape index (κ2) is 6.79. The monoisotopic (exact) mass is 352 g/mol. The van der Waals surface area contributed by atoms with Gasteiger partial charge in [-0.25, -0.2) is 0 Å². The molecule has 26 heavy (non-hydrogen) atoms. The Morgan fingerprint density at radius 3 is 2.62 bits per heavy atom. The standard InChI is InChI=1S/C19H16N2O5/c1-23-14-5-2-12(3-6-14)18-15(11-20-26-18)19(22)21-13-4-7-16-17(10-13)25-9-8-24-16/h2-7,10-11H,8-9H2,1H3,(H,21,22). The molecule has 0 bridgehead atoms. The number of hydrogen-bond donors (Lipinski definition) is 1. The summed E-state index contributed by atoms with van der Waals surface area (Å²) in [5.41, 5.74) is 1.67. The number of methoxy groups -OCH3 is 1. The SMILES string of the molecule is COc1ccc(-c2oncc2C(=O)Nc2ccc3c(c2)OCCO3)cc1. The first kappa shape index (κ1) is 16.0. The zero-order chi connectivity index (χ0) is 17.9. The summed E-state index contributed by atoms with van der Waals surface area (Å²) < 4.78 is 21.4. The van der Waals surface area contributed by atoms with Crippen LogP contribution in [0.25, 0.3) is 11.3 Å². The van der Waals surface area contributed by atoms with Crippen LogP contribution in [-0.2, 0) is 0 Å². The predicted molar refractivity (Wildman–Crippen MR) is 93.9 cm³/mol. The molecule has 1 N–H and O–H groups in total. The van der Waals surface area contributed by atoms with Crippen LogP contribution in [0.4, 0.5) is 5.69 Å². The molecule has 1 aliphatic rings. The molecule has 3 aromatic rings. The van der Waals surface area contributed by atoms with E-state index in [4.69, 9.17) is 18.7 Å². The van der Waals surface area contributed by atoms with E-state index in [1.54, 1.807) is 49.6 Å². The number of benzene rings is 2. The van der Waals surface area contributed by atoms with Gasteiger partial charge in [-0.3, -0.25) is 4.79 Å². The maximum atomic E-state index is 12.7. The Labute approximate surface area is 149 Å². The van der Waals surface area contributed by atoms with E-state index in [1.807, 2.05) is 0 Å². The number of hydrogen-bond acceptors (Lipinski definition) is 6. The molecule has 0 saturated heterocycles. The highest BCUT2D eigenvalue weighted by atomic mass is 16.6. The number of amides is 1. The van der Waals surface area contributed by atoms with Crippen LogP contribution in [0.1, 0.15) is 10.4 Å². The van der Waals surface area contributed by atoms with Gasteiger partial charge >= 0.3 is 0 Å². The summed E-state index contributed by atoms with van der Waals surface area (Å²) in [4.78, 5) is 12.7. The Morgan fingerprint density at radius 2 is 1.85 bits per heavy atom. The lowest BCUT2D eigenvalue weighted by Crippen LogP contribution is -2.16. The van der Waals surface area contributed by atoms with E-state index in [1.165, 1.54) is 6.20 Å². The van der Waals surface area contributed by atoms with Crippen molar-refractivity contribution in [2.75, 3.05) is 25.6 Å². The number of rotatable bonds is 4. The summed E-state index contributed by atoms with van der Waals surface area (Å²) in [5, 5.41) is 6.59. The summed E-state index contributed by atoms with van der Waals surface area (Å²) >= 11 is 0. The van der Waals surface area contributed by atoms with Crippen molar-refractivity contribution >= 4 is 11.6 Å². The van der Waals surface area contributed by atoms with E-state index in [9.17, 15) is 4.79 Å². The molecule has 7 nitrogen and oxygen atoms in total. The number of nitrogens with zero attached hydrogens (tertiary/aromatic N) is 1. The summed E-state index contributed by atoms with van der Waals surface area (Å²) in [5.74, 6) is 2.06. The lowest BCUT2D eigenvalue weighted by molar-refractivity contribution is 0.102. The van der Waals surface area contributed by atoms with Gasteiger partial charge in [0.05, 0.1) is 13.3 Å². The van der Waals surface area contributed by atoms with Gasteiger partial charge in [0.25, 0.3) is 5.91 Å². The molecule has 1 aromatic heterocycles. The van der Waals surface area contributed by atoms with Crippen molar-refractivity contribution in [3.63, 3.8) is 0 Å². The normalized spacial score (nSPS) is 12.5. The summed E-state index contributed by atoms with van der Waals surface area (Å²) in [6.07, 6.45) is 1.40. The lowest BCUT2D eigenvalue weighted by atomic mass is 10.1. The van der Waals surface area contributed by atoms with E-state index < -0.39 is 0 Å². The van der Waals surface area contributed by atoms with Crippen molar-refractivity contribution in [1.29, 1.82) is 0 Å². The summed E-state index contributed by atoms with van der Waals surface area (Å²) in [7, 11) is 1.59.